The molecular weight excluding hydrogens is 216 g/mol. The van der Waals surface area contributed by atoms with Crippen LogP contribution in [-0.2, 0) is 6.42 Å². The van der Waals surface area contributed by atoms with Crippen LogP contribution in [0.25, 0.3) is 0 Å². The fourth-order valence-corrected chi connectivity index (χ4v) is 3.49. The number of aryl methyl sites for hydroxylation is 1. The summed E-state index contributed by atoms with van der Waals surface area (Å²) in [6, 6.07) is 9.36. The highest BCUT2D eigenvalue weighted by atomic mass is 32.2. The molecule has 1 atom stereocenters. The van der Waals surface area contributed by atoms with Crippen molar-refractivity contribution in [3.05, 3.63) is 35.4 Å². The molecular formula is C13H16N2S. The van der Waals surface area contributed by atoms with Crippen molar-refractivity contribution >= 4 is 16.9 Å². The Balaban J connectivity index is 1.87. The van der Waals surface area contributed by atoms with E-state index in [2.05, 4.69) is 41.2 Å². The average Bonchev–Trinajstić information content (AvgIpc) is 2.98. The molecule has 84 valence electrons. The number of amidine groups is 1. The van der Waals surface area contributed by atoms with Gasteiger partial charge in [0.2, 0.25) is 0 Å². The van der Waals surface area contributed by atoms with Gasteiger partial charge in [-0.1, -0.05) is 36.0 Å². The Morgan fingerprint density at radius 1 is 1.38 bits per heavy atom. The maximum atomic E-state index is 4.56. The molecule has 1 heterocycles. The summed E-state index contributed by atoms with van der Waals surface area (Å²) in [4.78, 5) is 6.92. The van der Waals surface area contributed by atoms with Gasteiger partial charge in [0.25, 0.3) is 0 Å². The van der Waals surface area contributed by atoms with E-state index in [0.29, 0.717) is 6.04 Å². The monoisotopic (exact) mass is 232 g/mol. The van der Waals surface area contributed by atoms with Crippen molar-refractivity contribution in [2.24, 2.45) is 4.99 Å². The third kappa shape index (κ3) is 1.63. The molecule has 1 aromatic rings. The Morgan fingerprint density at radius 2 is 2.25 bits per heavy atom. The van der Waals surface area contributed by atoms with E-state index in [-0.39, 0.29) is 0 Å². The van der Waals surface area contributed by atoms with E-state index in [1.165, 1.54) is 29.1 Å². The van der Waals surface area contributed by atoms with E-state index in [1.54, 1.807) is 0 Å². The van der Waals surface area contributed by atoms with Crippen LogP contribution in [0.3, 0.4) is 0 Å². The van der Waals surface area contributed by atoms with Gasteiger partial charge < -0.3 is 4.90 Å². The van der Waals surface area contributed by atoms with Crippen molar-refractivity contribution in [2.75, 3.05) is 19.3 Å². The second-order valence-electron chi connectivity index (χ2n) is 4.38. The highest BCUT2D eigenvalue weighted by Gasteiger charge is 2.28. The molecule has 16 heavy (non-hydrogen) atoms. The summed E-state index contributed by atoms with van der Waals surface area (Å²) in [6.45, 7) is 0.985. The predicted octanol–water partition coefficient (Wildman–Crippen LogP) is 2.71. The Kier molecular flexibility index (Phi) is 2.64. The largest absolute Gasteiger partial charge is 0.347 e. The van der Waals surface area contributed by atoms with Gasteiger partial charge in [-0.2, -0.15) is 0 Å². The zero-order valence-electron chi connectivity index (χ0n) is 9.52. The molecule has 3 heteroatoms. The molecule has 0 amide bonds. The molecule has 0 saturated heterocycles. The minimum Gasteiger partial charge on any atom is -0.347 e. The molecule has 0 radical (unpaired) electrons. The van der Waals surface area contributed by atoms with Gasteiger partial charge in [-0.15, -0.1) is 0 Å². The lowest BCUT2D eigenvalue weighted by Gasteiger charge is -2.26. The van der Waals surface area contributed by atoms with Gasteiger partial charge >= 0.3 is 0 Å². The van der Waals surface area contributed by atoms with Crippen LogP contribution in [0.4, 0.5) is 0 Å². The predicted molar refractivity (Wildman–Crippen MR) is 70.0 cm³/mol. The van der Waals surface area contributed by atoms with Gasteiger partial charge in [0.1, 0.15) is 0 Å². The molecule has 0 saturated carbocycles. The number of aliphatic imine (C=N–C) groups is 1. The number of hydrogen-bond donors (Lipinski definition) is 0. The van der Waals surface area contributed by atoms with Crippen LogP contribution < -0.4 is 0 Å². The van der Waals surface area contributed by atoms with Crippen LogP contribution in [0.5, 0.6) is 0 Å². The first-order chi connectivity index (χ1) is 7.86. The number of rotatable bonds is 1. The normalized spacial score (nSPS) is 23.1. The Labute approximate surface area is 101 Å². The fraction of sp³-hybridized carbons (Fsp3) is 0.462. The molecule has 0 aromatic heterocycles. The summed E-state index contributed by atoms with van der Waals surface area (Å²) in [5, 5.41) is 1.22. The Hall–Kier alpha value is -0.960. The maximum absolute atomic E-state index is 4.56. The fourth-order valence-electron chi connectivity index (χ4n) is 2.61. The van der Waals surface area contributed by atoms with Crippen molar-refractivity contribution in [3.63, 3.8) is 0 Å². The standard InChI is InChI=1S/C13H16N2S/c1-15(13-14-8-9-16-13)12-7-6-10-4-2-3-5-11(10)12/h2-5,12H,6-9H2,1H3. The maximum Gasteiger partial charge on any atom is 0.159 e. The molecule has 1 aliphatic heterocycles. The SMILES string of the molecule is CN(C1=NCCS1)C1CCc2ccccc21. The zero-order valence-corrected chi connectivity index (χ0v) is 10.3. The van der Waals surface area contributed by atoms with Gasteiger partial charge in [-0.3, -0.25) is 4.99 Å². The lowest BCUT2D eigenvalue weighted by Crippen LogP contribution is -2.26. The first kappa shape index (κ1) is 10.2. The number of fused-ring (bicyclic) bond motifs is 1. The van der Waals surface area contributed by atoms with Gasteiger partial charge in [-0.05, 0) is 24.0 Å². The van der Waals surface area contributed by atoms with Crippen LogP contribution in [-0.4, -0.2) is 29.4 Å². The minimum absolute atomic E-state index is 0.542. The van der Waals surface area contributed by atoms with E-state index in [4.69, 9.17) is 0 Å². The lowest BCUT2D eigenvalue weighted by atomic mass is 10.1. The molecule has 3 rings (SSSR count). The molecule has 0 spiro atoms. The summed E-state index contributed by atoms with van der Waals surface area (Å²) in [5.41, 5.74) is 3.02. The Bertz CT molecular complexity index is 428. The highest BCUT2D eigenvalue weighted by Crippen LogP contribution is 2.36. The molecule has 1 unspecified atom stereocenters. The minimum atomic E-state index is 0.542. The number of benzene rings is 1. The van der Waals surface area contributed by atoms with Crippen molar-refractivity contribution in [2.45, 2.75) is 18.9 Å². The molecule has 1 aliphatic carbocycles. The van der Waals surface area contributed by atoms with E-state index >= 15 is 0 Å². The first-order valence-corrected chi connectivity index (χ1v) is 6.83. The van der Waals surface area contributed by atoms with Crippen molar-refractivity contribution < 1.29 is 0 Å². The van der Waals surface area contributed by atoms with Gasteiger partial charge in [0.15, 0.2) is 5.17 Å². The van der Waals surface area contributed by atoms with Crippen molar-refractivity contribution in [1.82, 2.24) is 4.90 Å². The topological polar surface area (TPSA) is 15.6 Å². The van der Waals surface area contributed by atoms with Crippen LogP contribution >= 0.6 is 11.8 Å². The highest BCUT2D eigenvalue weighted by molar-refractivity contribution is 8.14. The Morgan fingerprint density at radius 3 is 3.06 bits per heavy atom. The van der Waals surface area contributed by atoms with E-state index < -0.39 is 0 Å². The molecule has 1 aromatic carbocycles. The van der Waals surface area contributed by atoms with Gasteiger partial charge in [0.05, 0.1) is 12.6 Å². The van der Waals surface area contributed by atoms with Crippen LogP contribution in [0, 0.1) is 0 Å². The quantitative estimate of drug-likeness (QED) is 0.740. The third-order valence-corrected chi connectivity index (χ3v) is 4.50. The second-order valence-corrected chi connectivity index (χ2v) is 5.44. The smallest absolute Gasteiger partial charge is 0.159 e. The second kappa shape index (κ2) is 4.13. The van der Waals surface area contributed by atoms with Gasteiger partial charge in [-0.25, -0.2) is 0 Å². The number of nitrogens with zero attached hydrogens (tertiary/aromatic N) is 2. The molecule has 2 nitrogen and oxygen atoms in total. The summed E-state index contributed by atoms with van der Waals surface area (Å²) in [6.07, 6.45) is 2.44. The van der Waals surface area contributed by atoms with E-state index in [9.17, 15) is 0 Å². The molecule has 0 fully saturated rings. The lowest BCUT2D eigenvalue weighted by molar-refractivity contribution is 0.380. The number of hydrogen-bond acceptors (Lipinski definition) is 3. The van der Waals surface area contributed by atoms with Crippen LogP contribution in [0.15, 0.2) is 29.3 Å². The summed E-state index contributed by atoms with van der Waals surface area (Å²) in [7, 11) is 2.18. The van der Waals surface area contributed by atoms with Crippen molar-refractivity contribution in [1.29, 1.82) is 0 Å². The van der Waals surface area contributed by atoms with Gasteiger partial charge in [0, 0.05) is 12.8 Å². The van der Waals surface area contributed by atoms with Crippen molar-refractivity contribution in [3.8, 4) is 0 Å². The zero-order chi connectivity index (χ0) is 11.0. The number of thioether (sulfide) groups is 1. The van der Waals surface area contributed by atoms with Crippen LogP contribution in [0.2, 0.25) is 0 Å². The average molecular weight is 232 g/mol. The van der Waals surface area contributed by atoms with E-state index in [1.807, 2.05) is 11.8 Å². The molecule has 0 bridgehead atoms. The summed E-state index contributed by atoms with van der Waals surface area (Å²) >= 11 is 1.89. The molecule has 2 aliphatic rings. The first-order valence-electron chi connectivity index (χ1n) is 5.84. The molecule has 0 N–H and O–H groups in total. The summed E-state index contributed by atoms with van der Waals surface area (Å²) in [5.74, 6) is 1.15. The van der Waals surface area contributed by atoms with Crippen LogP contribution in [0.1, 0.15) is 23.6 Å². The summed E-state index contributed by atoms with van der Waals surface area (Å²) < 4.78 is 0. The third-order valence-electron chi connectivity index (χ3n) is 3.44. The van der Waals surface area contributed by atoms with E-state index in [0.717, 1.165) is 12.3 Å².